The molecular weight excluding hydrogens is 374 g/mol. The average molecular weight is 388 g/mol. The van der Waals surface area contributed by atoms with E-state index < -0.39 is 29.1 Å². The first kappa shape index (κ1) is 19.9. The number of para-hydroxylation sites is 1. The predicted octanol–water partition coefficient (Wildman–Crippen LogP) is 3.35. The van der Waals surface area contributed by atoms with E-state index in [1.54, 1.807) is 30.3 Å². The Balaban J connectivity index is 2.12. The summed E-state index contributed by atoms with van der Waals surface area (Å²) in [6, 6.07) is 14.1. The molecule has 0 aromatic heterocycles. The number of rotatable bonds is 7. The minimum atomic E-state index is -1.01. The number of nitrogens with zero attached hydrogens (tertiary/aromatic N) is 3. The van der Waals surface area contributed by atoms with Crippen molar-refractivity contribution < 1.29 is 19.2 Å². The second kappa shape index (κ2) is 9.31. The summed E-state index contributed by atoms with van der Waals surface area (Å²) >= 11 is 5.71. The van der Waals surface area contributed by atoms with E-state index in [2.05, 4.69) is 0 Å². The van der Waals surface area contributed by atoms with Gasteiger partial charge in [0.25, 0.3) is 11.6 Å². The number of ether oxygens (including phenoxy) is 1. The molecular formula is C18H14ClN3O5. The molecule has 2 rings (SSSR count). The van der Waals surface area contributed by atoms with Crippen molar-refractivity contribution in [3.63, 3.8) is 0 Å². The molecule has 0 fully saturated rings. The lowest BCUT2D eigenvalue weighted by Gasteiger charge is -2.21. The van der Waals surface area contributed by atoms with Crippen molar-refractivity contribution in [1.82, 2.24) is 0 Å². The molecule has 2 aromatic rings. The zero-order chi connectivity index (χ0) is 19.8. The van der Waals surface area contributed by atoms with Crippen molar-refractivity contribution >= 4 is 34.9 Å². The normalized spacial score (nSPS) is 9.93. The fourth-order valence-corrected chi connectivity index (χ4v) is 2.45. The molecule has 0 atom stereocenters. The third kappa shape index (κ3) is 5.26. The Morgan fingerprint density at radius 1 is 1.22 bits per heavy atom. The summed E-state index contributed by atoms with van der Waals surface area (Å²) in [5.41, 5.74) is -0.267. The number of carbonyl (C=O) groups excluding carboxylic acids is 2. The SMILES string of the molecule is N#CCCN(C(=O)COC(=O)c1ccc(Cl)cc1[N+](=O)[O-])c1ccccc1. The smallest absolute Gasteiger partial charge is 0.345 e. The highest BCUT2D eigenvalue weighted by Gasteiger charge is 2.24. The molecule has 0 N–H and O–H groups in total. The fourth-order valence-electron chi connectivity index (χ4n) is 2.28. The van der Waals surface area contributed by atoms with E-state index in [0.29, 0.717) is 5.69 Å². The fraction of sp³-hybridized carbons (Fsp3) is 0.167. The number of halogens is 1. The quantitative estimate of drug-likeness (QED) is 0.409. The van der Waals surface area contributed by atoms with E-state index in [-0.39, 0.29) is 23.6 Å². The lowest BCUT2D eigenvalue weighted by molar-refractivity contribution is -0.385. The second-order valence-electron chi connectivity index (χ2n) is 5.28. The predicted molar refractivity (Wildman–Crippen MR) is 97.4 cm³/mol. The van der Waals surface area contributed by atoms with Crippen molar-refractivity contribution in [3.8, 4) is 6.07 Å². The molecule has 0 unspecified atom stereocenters. The number of esters is 1. The zero-order valence-corrected chi connectivity index (χ0v) is 14.8. The monoisotopic (exact) mass is 387 g/mol. The van der Waals surface area contributed by atoms with Crippen LogP contribution in [0.5, 0.6) is 0 Å². The number of nitro groups is 1. The molecule has 0 spiro atoms. The Labute approximate surface area is 159 Å². The van der Waals surface area contributed by atoms with Crippen molar-refractivity contribution in [3.05, 3.63) is 69.2 Å². The van der Waals surface area contributed by atoms with Crippen LogP contribution >= 0.6 is 11.6 Å². The maximum atomic E-state index is 12.4. The summed E-state index contributed by atoms with van der Waals surface area (Å²) in [5, 5.41) is 19.9. The van der Waals surface area contributed by atoms with Crippen LogP contribution in [0, 0.1) is 21.4 Å². The highest BCUT2D eigenvalue weighted by atomic mass is 35.5. The molecule has 8 nitrogen and oxygen atoms in total. The van der Waals surface area contributed by atoms with Crippen LogP contribution in [0.1, 0.15) is 16.8 Å². The van der Waals surface area contributed by atoms with Gasteiger partial charge < -0.3 is 9.64 Å². The number of nitro benzene ring substituents is 1. The minimum absolute atomic E-state index is 0.0945. The van der Waals surface area contributed by atoms with Crippen LogP contribution in [0.2, 0.25) is 5.02 Å². The lowest BCUT2D eigenvalue weighted by Crippen LogP contribution is -2.35. The summed E-state index contributed by atoms with van der Waals surface area (Å²) in [6.07, 6.45) is 0.0945. The Bertz CT molecular complexity index is 896. The van der Waals surface area contributed by atoms with Crippen LogP contribution in [-0.2, 0) is 9.53 Å². The Morgan fingerprint density at radius 2 is 1.93 bits per heavy atom. The number of anilines is 1. The number of carbonyl (C=O) groups is 2. The van der Waals surface area contributed by atoms with E-state index >= 15 is 0 Å². The molecule has 9 heteroatoms. The van der Waals surface area contributed by atoms with Gasteiger partial charge >= 0.3 is 5.97 Å². The Kier molecular flexibility index (Phi) is 6.86. The van der Waals surface area contributed by atoms with Gasteiger partial charge in [0.1, 0.15) is 5.56 Å². The second-order valence-corrected chi connectivity index (χ2v) is 5.72. The molecule has 0 bridgehead atoms. The van der Waals surface area contributed by atoms with E-state index in [9.17, 15) is 19.7 Å². The van der Waals surface area contributed by atoms with Crippen LogP contribution < -0.4 is 4.90 Å². The van der Waals surface area contributed by atoms with Crippen molar-refractivity contribution in [2.24, 2.45) is 0 Å². The van der Waals surface area contributed by atoms with Gasteiger partial charge in [-0.3, -0.25) is 14.9 Å². The lowest BCUT2D eigenvalue weighted by atomic mass is 10.2. The van der Waals surface area contributed by atoms with Crippen molar-refractivity contribution in [2.45, 2.75) is 6.42 Å². The van der Waals surface area contributed by atoms with E-state index in [1.165, 1.54) is 11.0 Å². The molecule has 0 saturated heterocycles. The van der Waals surface area contributed by atoms with E-state index in [1.807, 2.05) is 6.07 Å². The Morgan fingerprint density at radius 3 is 2.56 bits per heavy atom. The molecule has 0 aliphatic rings. The topological polar surface area (TPSA) is 114 Å². The number of hydrogen-bond donors (Lipinski definition) is 0. The average Bonchev–Trinajstić information content (AvgIpc) is 2.67. The highest BCUT2D eigenvalue weighted by Crippen LogP contribution is 2.24. The van der Waals surface area contributed by atoms with Crippen LogP contribution in [0.3, 0.4) is 0 Å². The van der Waals surface area contributed by atoms with Crippen LogP contribution in [0.15, 0.2) is 48.5 Å². The summed E-state index contributed by atoms with van der Waals surface area (Å²) in [7, 11) is 0. The molecule has 0 aliphatic heterocycles. The van der Waals surface area contributed by atoms with Gasteiger partial charge in [-0.25, -0.2) is 4.79 Å². The van der Waals surface area contributed by atoms with Gasteiger partial charge in [-0.2, -0.15) is 5.26 Å². The standard InChI is InChI=1S/C18H14ClN3O5/c19-13-7-8-15(16(11-13)22(25)26)18(24)27-12-17(23)21(10-4-9-20)14-5-2-1-3-6-14/h1-3,5-8,11H,4,10,12H2. The van der Waals surface area contributed by atoms with Gasteiger partial charge in [0, 0.05) is 23.3 Å². The maximum Gasteiger partial charge on any atom is 0.345 e. The maximum absolute atomic E-state index is 12.4. The first-order valence-electron chi connectivity index (χ1n) is 7.77. The van der Waals surface area contributed by atoms with Gasteiger partial charge in [0.2, 0.25) is 0 Å². The van der Waals surface area contributed by atoms with Gasteiger partial charge in [0.05, 0.1) is 17.4 Å². The van der Waals surface area contributed by atoms with Crippen LogP contribution in [0.4, 0.5) is 11.4 Å². The zero-order valence-electron chi connectivity index (χ0n) is 14.0. The summed E-state index contributed by atoms with van der Waals surface area (Å²) in [5.74, 6) is -1.57. The summed E-state index contributed by atoms with van der Waals surface area (Å²) in [6.45, 7) is -0.503. The van der Waals surface area contributed by atoms with Gasteiger partial charge in [-0.15, -0.1) is 0 Å². The van der Waals surface area contributed by atoms with Crippen LogP contribution in [0.25, 0.3) is 0 Å². The number of hydrogen-bond acceptors (Lipinski definition) is 6. The summed E-state index contributed by atoms with van der Waals surface area (Å²) < 4.78 is 4.94. The third-order valence-corrected chi connectivity index (χ3v) is 3.75. The molecule has 0 radical (unpaired) electrons. The number of nitriles is 1. The molecule has 1 amide bonds. The van der Waals surface area contributed by atoms with Gasteiger partial charge in [-0.1, -0.05) is 29.8 Å². The van der Waals surface area contributed by atoms with E-state index in [0.717, 1.165) is 12.1 Å². The minimum Gasteiger partial charge on any atom is -0.452 e. The molecule has 0 saturated carbocycles. The first-order chi connectivity index (χ1) is 12.9. The van der Waals surface area contributed by atoms with Crippen molar-refractivity contribution in [2.75, 3.05) is 18.1 Å². The highest BCUT2D eigenvalue weighted by molar-refractivity contribution is 6.31. The number of benzene rings is 2. The van der Waals surface area contributed by atoms with Crippen LogP contribution in [-0.4, -0.2) is 30.0 Å². The molecule has 0 aliphatic carbocycles. The molecule has 27 heavy (non-hydrogen) atoms. The molecule has 2 aromatic carbocycles. The van der Waals surface area contributed by atoms with Crippen molar-refractivity contribution in [1.29, 1.82) is 5.26 Å². The van der Waals surface area contributed by atoms with Gasteiger partial charge in [-0.05, 0) is 24.3 Å². The number of amides is 1. The molecule has 0 heterocycles. The van der Waals surface area contributed by atoms with Gasteiger partial charge in [0.15, 0.2) is 6.61 Å². The largest absolute Gasteiger partial charge is 0.452 e. The van der Waals surface area contributed by atoms with E-state index in [4.69, 9.17) is 21.6 Å². The molecule has 138 valence electrons. The first-order valence-corrected chi connectivity index (χ1v) is 8.15. The third-order valence-electron chi connectivity index (χ3n) is 3.52. The Hall–Kier alpha value is -3.44. The summed E-state index contributed by atoms with van der Waals surface area (Å²) in [4.78, 5) is 36.2.